The summed E-state index contributed by atoms with van der Waals surface area (Å²) in [6, 6.07) is 0. The van der Waals surface area contributed by atoms with Gasteiger partial charge in [-0.3, -0.25) is 0 Å². The van der Waals surface area contributed by atoms with Gasteiger partial charge in [0.15, 0.2) is 0 Å². The van der Waals surface area contributed by atoms with E-state index in [1.165, 1.54) is 25.8 Å². The van der Waals surface area contributed by atoms with Crippen molar-refractivity contribution in [1.29, 1.82) is 0 Å². The van der Waals surface area contributed by atoms with Crippen LogP contribution in [0.5, 0.6) is 0 Å². The normalized spacial score (nSPS) is 35.6. The van der Waals surface area contributed by atoms with Crippen LogP contribution in [0.25, 0.3) is 0 Å². The molecule has 2 saturated carbocycles. The fraction of sp³-hybridized carbons (Fsp3) is 1.00. The van der Waals surface area contributed by atoms with Crippen LogP contribution >= 0.6 is 0 Å². The molecule has 2 aliphatic rings. The van der Waals surface area contributed by atoms with Gasteiger partial charge in [0.2, 0.25) is 0 Å². The molecular weight excluding hydrogens is 194 g/mol. The van der Waals surface area contributed by atoms with Crippen molar-refractivity contribution < 1.29 is 0 Å². The van der Waals surface area contributed by atoms with Crippen molar-refractivity contribution in [3.05, 3.63) is 0 Å². The Balaban J connectivity index is 1.91. The van der Waals surface area contributed by atoms with Crippen molar-refractivity contribution in [2.45, 2.75) is 52.9 Å². The number of rotatable bonds is 4. The zero-order chi connectivity index (χ0) is 11.8. The Morgan fingerprint density at radius 1 is 1.19 bits per heavy atom. The minimum absolute atomic E-state index is 0.463. The summed E-state index contributed by atoms with van der Waals surface area (Å²) in [5, 5.41) is 3.39. The number of hydrogen-bond acceptors (Lipinski definition) is 1. The van der Waals surface area contributed by atoms with E-state index in [2.05, 4.69) is 33.1 Å². The predicted molar refractivity (Wildman–Crippen MR) is 70.4 cm³/mol. The standard InChI is InChI=1S/C15H29N/c1-15(2,3)14(10-16-4)9-13-8-11-5-6-12(13)7-11/h11-14,16H,5-10H2,1-4H3. The van der Waals surface area contributed by atoms with E-state index in [0.717, 1.165) is 23.7 Å². The third kappa shape index (κ3) is 2.61. The van der Waals surface area contributed by atoms with Crippen LogP contribution in [-0.2, 0) is 0 Å². The highest BCUT2D eigenvalue weighted by Crippen LogP contribution is 2.51. The molecule has 4 atom stereocenters. The van der Waals surface area contributed by atoms with Crippen LogP contribution in [0.4, 0.5) is 0 Å². The smallest absolute Gasteiger partial charge is 0.00184 e. The number of nitrogens with one attached hydrogen (secondary N) is 1. The summed E-state index contributed by atoms with van der Waals surface area (Å²) < 4.78 is 0. The van der Waals surface area contributed by atoms with Crippen LogP contribution in [0, 0.1) is 29.1 Å². The minimum Gasteiger partial charge on any atom is -0.319 e. The monoisotopic (exact) mass is 223 g/mol. The lowest BCUT2D eigenvalue weighted by atomic mass is 9.72. The highest BCUT2D eigenvalue weighted by molar-refractivity contribution is 4.92. The quantitative estimate of drug-likeness (QED) is 0.766. The number of fused-ring (bicyclic) bond motifs is 2. The molecule has 2 bridgehead atoms. The van der Waals surface area contributed by atoms with E-state index < -0.39 is 0 Å². The molecule has 94 valence electrons. The average molecular weight is 223 g/mol. The zero-order valence-corrected chi connectivity index (χ0v) is 11.6. The van der Waals surface area contributed by atoms with Crippen LogP contribution in [0.3, 0.4) is 0 Å². The summed E-state index contributed by atoms with van der Waals surface area (Å²) in [7, 11) is 2.10. The molecule has 0 heterocycles. The van der Waals surface area contributed by atoms with Gasteiger partial charge >= 0.3 is 0 Å². The highest BCUT2D eigenvalue weighted by atomic mass is 14.8. The van der Waals surface area contributed by atoms with Gasteiger partial charge in [0.1, 0.15) is 0 Å². The van der Waals surface area contributed by atoms with Gasteiger partial charge in [-0.25, -0.2) is 0 Å². The largest absolute Gasteiger partial charge is 0.319 e. The van der Waals surface area contributed by atoms with E-state index in [4.69, 9.17) is 0 Å². The van der Waals surface area contributed by atoms with Crippen LogP contribution in [0.1, 0.15) is 52.9 Å². The summed E-state index contributed by atoms with van der Waals surface area (Å²) in [5.41, 5.74) is 0.463. The van der Waals surface area contributed by atoms with Crippen molar-refractivity contribution in [2.24, 2.45) is 29.1 Å². The first kappa shape index (κ1) is 12.4. The second-order valence-electron chi connectivity index (χ2n) is 7.29. The maximum atomic E-state index is 3.39. The Kier molecular flexibility index (Phi) is 3.63. The fourth-order valence-corrected chi connectivity index (χ4v) is 4.02. The van der Waals surface area contributed by atoms with E-state index >= 15 is 0 Å². The second kappa shape index (κ2) is 4.68. The molecule has 16 heavy (non-hydrogen) atoms. The molecule has 0 saturated heterocycles. The maximum Gasteiger partial charge on any atom is -0.00184 e. The Hall–Kier alpha value is -0.0400. The molecule has 1 heteroatoms. The van der Waals surface area contributed by atoms with Crippen molar-refractivity contribution in [3.8, 4) is 0 Å². The van der Waals surface area contributed by atoms with Gasteiger partial charge < -0.3 is 5.32 Å². The van der Waals surface area contributed by atoms with E-state index in [1.807, 2.05) is 0 Å². The molecule has 2 rings (SSSR count). The molecule has 2 aliphatic carbocycles. The van der Waals surface area contributed by atoms with Gasteiger partial charge in [0.05, 0.1) is 0 Å². The van der Waals surface area contributed by atoms with Gasteiger partial charge in [-0.15, -0.1) is 0 Å². The SMILES string of the molecule is CNCC(CC1CC2CCC1C2)C(C)(C)C. The van der Waals surface area contributed by atoms with Crippen LogP contribution in [-0.4, -0.2) is 13.6 Å². The summed E-state index contributed by atoms with van der Waals surface area (Å²) in [4.78, 5) is 0. The molecule has 0 amide bonds. The van der Waals surface area contributed by atoms with Gasteiger partial charge in [-0.1, -0.05) is 27.2 Å². The Labute approximate surface area is 101 Å². The maximum absolute atomic E-state index is 3.39. The molecule has 4 unspecified atom stereocenters. The van der Waals surface area contributed by atoms with Crippen LogP contribution < -0.4 is 5.32 Å². The first-order valence-electron chi connectivity index (χ1n) is 7.15. The van der Waals surface area contributed by atoms with Crippen molar-refractivity contribution >= 4 is 0 Å². The Morgan fingerprint density at radius 2 is 1.94 bits per heavy atom. The molecule has 1 nitrogen and oxygen atoms in total. The highest BCUT2D eigenvalue weighted by Gasteiger charge is 2.41. The fourth-order valence-electron chi connectivity index (χ4n) is 4.02. The van der Waals surface area contributed by atoms with E-state index in [-0.39, 0.29) is 0 Å². The first-order valence-corrected chi connectivity index (χ1v) is 7.15. The van der Waals surface area contributed by atoms with Crippen LogP contribution in [0.15, 0.2) is 0 Å². The third-order valence-corrected chi connectivity index (χ3v) is 5.15. The molecule has 0 aromatic rings. The molecule has 1 N–H and O–H groups in total. The van der Waals surface area contributed by atoms with Crippen molar-refractivity contribution in [3.63, 3.8) is 0 Å². The van der Waals surface area contributed by atoms with Gasteiger partial charge in [0.25, 0.3) is 0 Å². The van der Waals surface area contributed by atoms with E-state index in [1.54, 1.807) is 12.8 Å². The summed E-state index contributed by atoms with van der Waals surface area (Å²) in [6.45, 7) is 8.41. The van der Waals surface area contributed by atoms with Gasteiger partial charge in [-0.2, -0.15) is 0 Å². The lowest BCUT2D eigenvalue weighted by Crippen LogP contribution is -2.32. The summed E-state index contributed by atoms with van der Waals surface area (Å²) in [5.74, 6) is 4.09. The molecular formula is C15H29N. The van der Waals surface area contributed by atoms with Crippen LogP contribution in [0.2, 0.25) is 0 Å². The molecule has 0 spiro atoms. The lowest BCUT2D eigenvalue weighted by Gasteiger charge is -2.35. The summed E-state index contributed by atoms with van der Waals surface area (Å²) >= 11 is 0. The first-order chi connectivity index (χ1) is 7.50. The number of hydrogen-bond donors (Lipinski definition) is 1. The zero-order valence-electron chi connectivity index (χ0n) is 11.6. The molecule has 0 aromatic heterocycles. The predicted octanol–water partition coefficient (Wildman–Crippen LogP) is 3.69. The molecule has 0 radical (unpaired) electrons. The molecule has 2 fully saturated rings. The lowest BCUT2D eigenvalue weighted by molar-refractivity contribution is 0.165. The van der Waals surface area contributed by atoms with E-state index in [0.29, 0.717) is 5.41 Å². The Morgan fingerprint density at radius 3 is 2.38 bits per heavy atom. The topological polar surface area (TPSA) is 12.0 Å². The summed E-state index contributed by atoms with van der Waals surface area (Å²) in [6.07, 6.45) is 7.63. The molecule has 0 aromatic carbocycles. The minimum atomic E-state index is 0.463. The van der Waals surface area contributed by atoms with Crippen molar-refractivity contribution in [2.75, 3.05) is 13.6 Å². The second-order valence-corrected chi connectivity index (χ2v) is 7.29. The van der Waals surface area contributed by atoms with Gasteiger partial charge in [-0.05, 0) is 68.4 Å². The average Bonchev–Trinajstić information content (AvgIpc) is 2.76. The third-order valence-electron chi connectivity index (χ3n) is 5.15. The van der Waals surface area contributed by atoms with Crippen molar-refractivity contribution in [1.82, 2.24) is 5.32 Å². The molecule has 0 aliphatic heterocycles. The Bertz CT molecular complexity index is 228. The van der Waals surface area contributed by atoms with E-state index in [9.17, 15) is 0 Å². The van der Waals surface area contributed by atoms with Gasteiger partial charge in [0, 0.05) is 0 Å².